The molecule has 8 nitrogen and oxygen atoms in total. The number of benzene rings is 2. The highest BCUT2D eigenvalue weighted by molar-refractivity contribution is 7.89. The van der Waals surface area contributed by atoms with Gasteiger partial charge < -0.3 is 10.1 Å². The van der Waals surface area contributed by atoms with Gasteiger partial charge in [0.2, 0.25) is 10.0 Å². The Hall–Kier alpha value is -2.82. The summed E-state index contributed by atoms with van der Waals surface area (Å²) in [5, 5.41) is 12.7. The van der Waals surface area contributed by atoms with Crippen LogP contribution in [-0.4, -0.2) is 37.3 Å². The third-order valence-corrected chi connectivity index (χ3v) is 6.08. The molecule has 0 spiro atoms. The molecule has 10 heteroatoms. The summed E-state index contributed by atoms with van der Waals surface area (Å²) in [7, 11) is -4.26. The van der Waals surface area contributed by atoms with E-state index in [4.69, 9.17) is 9.88 Å². The maximum absolute atomic E-state index is 14.6. The molecule has 1 fully saturated rings. The quantitative estimate of drug-likeness (QED) is 0.643. The number of carbonyl (C=O) groups excluding carboxylic acids is 1. The topological polar surface area (TPSA) is 116 Å². The zero-order valence-electron chi connectivity index (χ0n) is 16.0. The van der Waals surface area contributed by atoms with Gasteiger partial charge in [-0.2, -0.15) is 5.10 Å². The number of nitrogens with two attached hydrogens (primary N) is 1. The minimum absolute atomic E-state index is 0.269. The lowest BCUT2D eigenvalue weighted by atomic mass is 10.0. The molecule has 4 rings (SSSR count). The first-order valence-corrected chi connectivity index (χ1v) is 11.0. The lowest BCUT2D eigenvalue weighted by molar-refractivity contribution is 0.0598. The molecule has 0 unspecified atom stereocenters. The number of ether oxygens (including phenoxy) is 1. The van der Waals surface area contributed by atoms with Crippen molar-refractivity contribution in [1.82, 2.24) is 9.78 Å². The van der Waals surface area contributed by atoms with Gasteiger partial charge in [0, 0.05) is 25.1 Å². The Morgan fingerprint density at radius 2 is 1.93 bits per heavy atom. The molecule has 1 aromatic heterocycles. The van der Waals surface area contributed by atoms with E-state index in [2.05, 4.69) is 10.4 Å². The maximum Gasteiger partial charge on any atom is 0.274 e. The van der Waals surface area contributed by atoms with Crippen LogP contribution < -0.4 is 10.5 Å². The van der Waals surface area contributed by atoms with Gasteiger partial charge in [-0.25, -0.2) is 17.9 Å². The van der Waals surface area contributed by atoms with Crippen LogP contribution in [0.25, 0.3) is 10.9 Å². The molecule has 2 aromatic carbocycles. The summed E-state index contributed by atoms with van der Waals surface area (Å²) >= 11 is 0. The van der Waals surface area contributed by atoms with Crippen LogP contribution in [0.5, 0.6) is 0 Å². The molecule has 0 aliphatic carbocycles. The largest absolute Gasteiger partial charge is 0.381 e. The van der Waals surface area contributed by atoms with Crippen molar-refractivity contribution in [3.05, 3.63) is 54.0 Å². The zero-order chi connectivity index (χ0) is 21.3. The lowest BCUT2D eigenvalue weighted by Gasteiger charge is -2.22. The molecule has 1 aliphatic rings. The van der Waals surface area contributed by atoms with Crippen LogP contribution in [0.4, 0.5) is 10.1 Å². The standard InChI is InChI=1S/C20H21FN4O4S/c21-18-16(6-3-7-17(18)30(22,27)28)23-20(26)19-14-4-1-2-5-15(14)24-25(19)12-13-8-10-29-11-9-13/h1-7,13H,8-12H2,(H,23,26)(H2,22,27,28). The minimum Gasteiger partial charge on any atom is -0.381 e. The Morgan fingerprint density at radius 1 is 1.20 bits per heavy atom. The molecule has 1 saturated heterocycles. The van der Waals surface area contributed by atoms with Crippen LogP contribution in [0.2, 0.25) is 0 Å². The van der Waals surface area contributed by atoms with E-state index in [-0.39, 0.29) is 11.4 Å². The van der Waals surface area contributed by atoms with Gasteiger partial charge in [0.15, 0.2) is 5.82 Å². The van der Waals surface area contributed by atoms with Crippen LogP contribution in [0.3, 0.4) is 0 Å². The van der Waals surface area contributed by atoms with Gasteiger partial charge in [0.05, 0.1) is 11.2 Å². The fourth-order valence-corrected chi connectivity index (χ4v) is 4.26. The summed E-state index contributed by atoms with van der Waals surface area (Å²) in [6.07, 6.45) is 1.73. The summed E-state index contributed by atoms with van der Waals surface area (Å²) in [6.45, 7) is 1.86. The van der Waals surface area contributed by atoms with Crippen molar-refractivity contribution in [2.45, 2.75) is 24.3 Å². The highest BCUT2D eigenvalue weighted by Gasteiger charge is 2.24. The van der Waals surface area contributed by atoms with Crippen LogP contribution in [0.1, 0.15) is 23.3 Å². The number of primary sulfonamides is 1. The van der Waals surface area contributed by atoms with Gasteiger partial charge >= 0.3 is 0 Å². The number of anilines is 1. The first-order valence-electron chi connectivity index (χ1n) is 9.50. The number of hydrogen-bond donors (Lipinski definition) is 2. The highest BCUT2D eigenvalue weighted by Crippen LogP contribution is 2.26. The molecule has 0 saturated carbocycles. The maximum atomic E-state index is 14.6. The molecule has 158 valence electrons. The molecule has 1 aliphatic heterocycles. The van der Waals surface area contributed by atoms with E-state index in [0.717, 1.165) is 18.9 Å². The Bertz CT molecular complexity index is 1200. The van der Waals surface area contributed by atoms with Gasteiger partial charge in [-0.05, 0) is 37.0 Å². The molecule has 3 aromatic rings. The normalized spacial score (nSPS) is 15.4. The van der Waals surface area contributed by atoms with Gasteiger partial charge in [0.25, 0.3) is 5.91 Å². The number of sulfonamides is 1. The summed E-state index contributed by atoms with van der Waals surface area (Å²) < 4.78 is 44.8. The predicted molar refractivity (Wildman–Crippen MR) is 109 cm³/mol. The molecular formula is C20H21FN4O4S. The number of nitrogens with one attached hydrogen (secondary N) is 1. The van der Waals surface area contributed by atoms with Crippen molar-refractivity contribution in [1.29, 1.82) is 0 Å². The fraction of sp³-hybridized carbons (Fsp3) is 0.300. The SMILES string of the molecule is NS(=O)(=O)c1cccc(NC(=O)c2c3ccccc3nn2CC2CCOCC2)c1F. The number of rotatable bonds is 5. The summed E-state index contributed by atoms with van der Waals surface area (Å²) in [4.78, 5) is 12.4. The van der Waals surface area contributed by atoms with Crippen molar-refractivity contribution in [3.8, 4) is 0 Å². The van der Waals surface area contributed by atoms with Gasteiger partial charge in [-0.1, -0.05) is 24.3 Å². The van der Waals surface area contributed by atoms with E-state index in [1.54, 1.807) is 22.9 Å². The third-order valence-electron chi connectivity index (χ3n) is 5.15. The Balaban J connectivity index is 1.70. The Kier molecular flexibility index (Phi) is 5.54. The molecule has 0 radical (unpaired) electrons. The van der Waals surface area contributed by atoms with E-state index in [1.807, 2.05) is 6.07 Å². The average Bonchev–Trinajstić information content (AvgIpc) is 3.07. The molecule has 3 N–H and O–H groups in total. The van der Waals surface area contributed by atoms with Crippen molar-refractivity contribution < 1.29 is 22.3 Å². The number of halogens is 1. The molecular weight excluding hydrogens is 411 g/mol. The summed E-state index contributed by atoms with van der Waals surface area (Å²) in [5.74, 6) is -1.38. The van der Waals surface area contributed by atoms with E-state index in [9.17, 15) is 17.6 Å². The first kappa shape index (κ1) is 20.5. The lowest BCUT2D eigenvalue weighted by Crippen LogP contribution is -2.25. The van der Waals surface area contributed by atoms with Crippen LogP contribution in [0.15, 0.2) is 47.4 Å². The van der Waals surface area contributed by atoms with Crippen molar-refractivity contribution in [2.75, 3.05) is 18.5 Å². The van der Waals surface area contributed by atoms with Gasteiger partial charge in [0.1, 0.15) is 10.6 Å². The number of hydrogen-bond acceptors (Lipinski definition) is 5. The first-order chi connectivity index (χ1) is 14.3. The average molecular weight is 432 g/mol. The zero-order valence-corrected chi connectivity index (χ0v) is 16.9. The number of carbonyl (C=O) groups is 1. The van der Waals surface area contributed by atoms with Gasteiger partial charge in [-0.3, -0.25) is 9.48 Å². The summed E-state index contributed by atoms with van der Waals surface area (Å²) in [5.41, 5.74) is 0.667. The second-order valence-corrected chi connectivity index (χ2v) is 8.75. The monoisotopic (exact) mass is 432 g/mol. The van der Waals surface area contributed by atoms with Crippen molar-refractivity contribution >= 4 is 32.5 Å². The number of aromatic nitrogens is 2. The highest BCUT2D eigenvalue weighted by atomic mass is 32.2. The molecule has 30 heavy (non-hydrogen) atoms. The van der Waals surface area contributed by atoms with E-state index in [0.29, 0.717) is 36.6 Å². The molecule has 2 heterocycles. The Labute approximate surface area is 172 Å². The molecule has 0 bridgehead atoms. The van der Waals surface area contributed by atoms with Crippen molar-refractivity contribution in [2.24, 2.45) is 11.1 Å². The second-order valence-electron chi connectivity index (χ2n) is 7.22. The van der Waals surface area contributed by atoms with E-state index < -0.39 is 26.6 Å². The minimum atomic E-state index is -4.26. The van der Waals surface area contributed by atoms with E-state index in [1.165, 1.54) is 12.1 Å². The van der Waals surface area contributed by atoms with Crippen LogP contribution in [-0.2, 0) is 21.3 Å². The smallest absolute Gasteiger partial charge is 0.274 e. The van der Waals surface area contributed by atoms with Crippen LogP contribution >= 0.6 is 0 Å². The third kappa shape index (κ3) is 4.07. The molecule has 1 amide bonds. The summed E-state index contributed by atoms with van der Waals surface area (Å²) in [6, 6.07) is 10.8. The predicted octanol–water partition coefficient (Wildman–Crippen LogP) is 2.50. The van der Waals surface area contributed by atoms with E-state index >= 15 is 0 Å². The number of fused-ring (bicyclic) bond motifs is 1. The fourth-order valence-electron chi connectivity index (χ4n) is 3.63. The number of nitrogens with zero attached hydrogens (tertiary/aromatic N) is 2. The van der Waals surface area contributed by atoms with Gasteiger partial charge in [-0.15, -0.1) is 0 Å². The van der Waals surface area contributed by atoms with Crippen LogP contribution in [0, 0.1) is 11.7 Å². The van der Waals surface area contributed by atoms with Crippen molar-refractivity contribution in [3.63, 3.8) is 0 Å². The number of amides is 1. The Morgan fingerprint density at radius 3 is 2.67 bits per heavy atom. The second kappa shape index (κ2) is 8.13. The molecule has 0 atom stereocenters.